The molecule has 4 rings (SSSR count). The molecule has 1 atom stereocenters. The number of carbonyl (C=O) groups excluding carboxylic acids is 1. The molecular formula is C21H29FN2O2. The zero-order valence-electron chi connectivity index (χ0n) is 15.6. The number of nitrogens with zero attached hydrogens (tertiary/aromatic N) is 2. The minimum Gasteiger partial charge on any atom is -0.381 e. The van der Waals surface area contributed by atoms with Gasteiger partial charge in [0, 0.05) is 32.8 Å². The fourth-order valence-electron chi connectivity index (χ4n) is 4.61. The van der Waals surface area contributed by atoms with Gasteiger partial charge in [0.25, 0.3) is 5.91 Å². The predicted octanol–water partition coefficient (Wildman–Crippen LogP) is 3.18. The van der Waals surface area contributed by atoms with Gasteiger partial charge in [-0.25, -0.2) is 4.39 Å². The van der Waals surface area contributed by atoms with Crippen molar-refractivity contribution in [2.75, 3.05) is 39.4 Å². The Morgan fingerprint density at radius 2 is 2.00 bits per heavy atom. The van der Waals surface area contributed by atoms with Crippen molar-refractivity contribution in [1.29, 1.82) is 0 Å². The van der Waals surface area contributed by atoms with Crippen LogP contribution in [0.3, 0.4) is 0 Å². The summed E-state index contributed by atoms with van der Waals surface area (Å²) in [6.45, 7) is 7.30. The number of halogens is 1. The molecule has 0 unspecified atom stereocenters. The second-order valence-corrected chi connectivity index (χ2v) is 8.27. The molecule has 1 spiro atoms. The molecule has 0 N–H and O–H groups in total. The molecule has 142 valence electrons. The van der Waals surface area contributed by atoms with Crippen LogP contribution in [0.1, 0.15) is 43.0 Å². The summed E-state index contributed by atoms with van der Waals surface area (Å²) < 4.78 is 19.7. The van der Waals surface area contributed by atoms with Gasteiger partial charge in [-0.2, -0.15) is 0 Å². The lowest BCUT2D eigenvalue weighted by Crippen LogP contribution is -2.73. The number of likely N-dealkylation sites (tertiary alicyclic amines) is 2. The lowest BCUT2D eigenvalue weighted by molar-refractivity contribution is -0.0888. The first-order valence-corrected chi connectivity index (χ1v) is 9.98. The first-order valence-electron chi connectivity index (χ1n) is 9.98. The summed E-state index contributed by atoms with van der Waals surface area (Å²) in [6.07, 6.45) is 4.94. The molecule has 3 aliphatic rings. The van der Waals surface area contributed by atoms with Gasteiger partial charge in [0.05, 0.1) is 11.1 Å². The lowest BCUT2D eigenvalue weighted by Gasteiger charge is -2.59. The maximum absolute atomic E-state index is 14.0. The second kappa shape index (κ2) is 7.28. The van der Waals surface area contributed by atoms with Crippen molar-refractivity contribution in [3.8, 4) is 0 Å². The minimum atomic E-state index is -0.425. The topological polar surface area (TPSA) is 32.8 Å². The molecular weight excluding hydrogens is 331 g/mol. The Kier molecular flexibility index (Phi) is 5.02. The van der Waals surface area contributed by atoms with Gasteiger partial charge in [-0.15, -0.1) is 0 Å². The molecule has 1 aromatic rings. The predicted molar refractivity (Wildman–Crippen MR) is 98.5 cm³/mol. The van der Waals surface area contributed by atoms with Crippen LogP contribution < -0.4 is 0 Å². The fraction of sp³-hybridized carbons (Fsp3) is 0.667. The van der Waals surface area contributed by atoms with Crippen molar-refractivity contribution in [3.05, 3.63) is 35.6 Å². The van der Waals surface area contributed by atoms with Gasteiger partial charge in [-0.1, -0.05) is 12.1 Å². The Morgan fingerprint density at radius 1 is 1.23 bits per heavy atom. The number of hydrogen-bond donors (Lipinski definition) is 0. The summed E-state index contributed by atoms with van der Waals surface area (Å²) in [4.78, 5) is 17.2. The molecule has 1 saturated carbocycles. The van der Waals surface area contributed by atoms with Crippen LogP contribution in [0, 0.1) is 17.7 Å². The van der Waals surface area contributed by atoms with E-state index in [-0.39, 0.29) is 17.0 Å². The second-order valence-electron chi connectivity index (χ2n) is 8.27. The highest BCUT2D eigenvalue weighted by Gasteiger charge is 2.53. The molecule has 1 aromatic carbocycles. The highest BCUT2D eigenvalue weighted by molar-refractivity contribution is 5.95. The molecule has 1 amide bonds. The molecule has 1 aliphatic carbocycles. The highest BCUT2D eigenvalue weighted by atomic mass is 19.1. The summed E-state index contributed by atoms with van der Waals surface area (Å²) >= 11 is 0. The minimum absolute atomic E-state index is 0.0729. The Morgan fingerprint density at radius 3 is 2.69 bits per heavy atom. The van der Waals surface area contributed by atoms with Gasteiger partial charge in [-0.05, 0) is 63.1 Å². The number of benzene rings is 1. The van der Waals surface area contributed by atoms with Crippen LogP contribution in [0.25, 0.3) is 0 Å². The molecule has 4 nitrogen and oxygen atoms in total. The van der Waals surface area contributed by atoms with Crippen LogP contribution >= 0.6 is 0 Å². The quantitative estimate of drug-likeness (QED) is 0.781. The first-order chi connectivity index (χ1) is 12.6. The van der Waals surface area contributed by atoms with E-state index in [2.05, 4.69) is 4.90 Å². The smallest absolute Gasteiger partial charge is 0.256 e. The van der Waals surface area contributed by atoms with E-state index in [1.54, 1.807) is 18.2 Å². The number of amides is 1. The zero-order valence-corrected chi connectivity index (χ0v) is 15.6. The molecule has 0 bridgehead atoms. The molecule has 2 heterocycles. The van der Waals surface area contributed by atoms with E-state index in [0.717, 1.165) is 51.7 Å². The largest absolute Gasteiger partial charge is 0.381 e. The third-order valence-corrected chi connectivity index (χ3v) is 6.24. The number of ether oxygens (including phenoxy) is 1. The Balaban J connectivity index is 1.44. The van der Waals surface area contributed by atoms with E-state index < -0.39 is 5.82 Å². The van der Waals surface area contributed by atoms with Crippen molar-refractivity contribution in [3.63, 3.8) is 0 Å². The van der Waals surface area contributed by atoms with Crippen LogP contribution in [-0.4, -0.2) is 60.6 Å². The van der Waals surface area contributed by atoms with Crippen LogP contribution in [0.15, 0.2) is 24.3 Å². The molecule has 2 aliphatic heterocycles. The Labute approximate surface area is 155 Å². The normalized spacial score (nSPS) is 25.3. The van der Waals surface area contributed by atoms with E-state index in [0.29, 0.717) is 5.92 Å². The van der Waals surface area contributed by atoms with Crippen molar-refractivity contribution in [2.24, 2.45) is 11.8 Å². The zero-order chi connectivity index (χ0) is 18.1. The molecule has 0 radical (unpaired) electrons. The highest BCUT2D eigenvalue weighted by Crippen LogP contribution is 2.42. The van der Waals surface area contributed by atoms with Crippen LogP contribution in [0.5, 0.6) is 0 Å². The fourth-order valence-corrected chi connectivity index (χ4v) is 4.61. The van der Waals surface area contributed by atoms with Crippen molar-refractivity contribution >= 4 is 5.91 Å². The van der Waals surface area contributed by atoms with Gasteiger partial charge in [-0.3, -0.25) is 9.69 Å². The maximum atomic E-state index is 14.0. The monoisotopic (exact) mass is 360 g/mol. The number of carbonyl (C=O) groups is 1. The van der Waals surface area contributed by atoms with E-state index >= 15 is 0 Å². The van der Waals surface area contributed by atoms with Crippen LogP contribution in [0.2, 0.25) is 0 Å². The summed E-state index contributed by atoms with van der Waals surface area (Å²) in [6, 6.07) is 6.30. The summed E-state index contributed by atoms with van der Waals surface area (Å²) in [5, 5.41) is 0. The third-order valence-electron chi connectivity index (χ3n) is 6.24. The number of rotatable bonds is 6. The molecule has 5 heteroatoms. The van der Waals surface area contributed by atoms with E-state index in [4.69, 9.17) is 4.74 Å². The third kappa shape index (κ3) is 3.52. The van der Waals surface area contributed by atoms with E-state index in [9.17, 15) is 9.18 Å². The van der Waals surface area contributed by atoms with Gasteiger partial charge in [0.1, 0.15) is 5.82 Å². The van der Waals surface area contributed by atoms with E-state index in [1.165, 1.54) is 25.3 Å². The lowest BCUT2D eigenvalue weighted by atomic mass is 9.74. The first kappa shape index (κ1) is 17.9. The number of hydrogen-bond acceptors (Lipinski definition) is 3. The van der Waals surface area contributed by atoms with Crippen molar-refractivity contribution in [1.82, 2.24) is 9.80 Å². The molecule has 2 saturated heterocycles. The average Bonchev–Trinajstić information content (AvgIpc) is 3.43. The molecule has 0 aromatic heterocycles. The number of piperidine rings is 1. The van der Waals surface area contributed by atoms with Crippen LogP contribution in [-0.2, 0) is 4.74 Å². The summed E-state index contributed by atoms with van der Waals surface area (Å²) in [7, 11) is 0. The Hall–Kier alpha value is -1.46. The van der Waals surface area contributed by atoms with Gasteiger partial charge in [0.15, 0.2) is 0 Å². The van der Waals surface area contributed by atoms with Crippen LogP contribution in [0.4, 0.5) is 4.39 Å². The van der Waals surface area contributed by atoms with Crippen molar-refractivity contribution in [2.45, 2.75) is 38.1 Å². The van der Waals surface area contributed by atoms with Gasteiger partial charge < -0.3 is 9.64 Å². The summed E-state index contributed by atoms with van der Waals surface area (Å²) in [5.41, 5.74) is 0.265. The Bertz CT molecular complexity index is 655. The van der Waals surface area contributed by atoms with E-state index in [1.807, 2.05) is 11.8 Å². The molecule has 26 heavy (non-hydrogen) atoms. The summed E-state index contributed by atoms with van der Waals surface area (Å²) in [5.74, 6) is 0.806. The van der Waals surface area contributed by atoms with Crippen molar-refractivity contribution < 1.29 is 13.9 Å². The SMILES string of the molecule is CCOC[C@H]1CCN(CC2CC2)C2(C1)CN(C(=O)c1ccccc1F)C2. The standard InChI is InChI=1S/C21H29FN2O2/c1-2-26-13-17-9-10-24(12-16-7-8-16)21(11-17)14-23(15-21)20(25)18-5-3-4-6-19(18)22/h3-6,16-17H,2,7-15H2,1H3/t17-/m0/s1. The van der Waals surface area contributed by atoms with Gasteiger partial charge in [0.2, 0.25) is 0 Å². The molecule has 3 fully saturated rings. The average molecular weight is 360 g/mol. The van der Waals surface area contributed by atoms with Gasteiger partial charge >= 0.3 is 0 Å². The maximum Gasteiger partial charge on any atom is 0.256 e.